The van der Waals surface area contributed by atoms with Crippen LogP contribution in [-0.2, 0) is 11.2 Å². The van der Waals surface area contributed by atoms with Gasteiger partial charge in [-0.25, -0.2) is 0 Å². The fraction of sp³-hybridized carbons (Fsp3) is 0.667. The van der Waals surface area contributed by atoms with E-state index in [1.807, 2.05) is 0 Å². The van der Waals surface area contributed by atoms with Crippen LogP contribution in [0.1, 0.15) is 50.2 Å². The third-order valence-corrected chi connectivity index (χ3v) is 4.15. The zero-order valence-corrected chi connectivity index (χ0v) is 13.0. The average molecular weight is 275 g/mol. The number of rotatable bonds is 8. The van der Waals surface area contributed by atoms with Gasteiger partial charge in [-0.3, -0.25) is 0 Å². The molecule has 2 nitrogen and oxygen atoms in total. The summed E-state index contributed by atoms with van der Waals surface area (Å²) in [5.74, 6) is 0. The molecule has 0 radical (unpaired) electrons. The molecule has 0 bridgehead atoms. The molecule has 0 aromatic heterocycles. The molecular weight excluding hydrogens is 246 g/mol. The molecule has 1 aromatic rings. The van der Waals surface area contributed by atoms with Gasteiger partial charge in [-0.15, -0.1) is 0 Å². The highest BCUT2D eigenvalue weighted by Gasteiger charge is 2.17. The van der Waals surface area contributed by atoms with Crippen molar-refractivity contribution in [3.05, 3.63) is 35.4 Å². The molecule has 112 valence electrons. The van der Waals surface area contributed by atoms with Crippen molar-refractivity contribution in [2.75, 3.05) is 13.2 Å². The number of aryl methyl sites for hydroxylation is 1. The molecule has 1 aromatic carbocycles. The predicted molar refractivity (Wildman–Crippen MR) is 85.2 cm³/mol. The van der Waals surface area contributed by atoms with Crippen LogP contribution in [-0.4, -0.2) is 25.3 Å². The van der Waals surface area contributed by atoms with Crippen LogP contribution in [0.2, 0.25) is 0 Å². The van der Waals surface area contributed by atoms with E-state index in [9.17, 15) is 0 Å². The highest BCUT2D eigenvalue weighted by atomic mass is 16.5. The van der Waals surface area contributed by atoms with Gasteiger partial charge in [0.25, 0.3) is 0 Å². The summed E-state index contributed by atoms with van der Waals surface area (Å²) in [4.78, 5) is 0. The first-order chi connectivity index (χ1) is 9.78. The maximum Gasteiger partial charge on any atom is 0.0576 e. The molecule has 1 heterocycles. The molecule has 1 N–H and O–H groups in total. The predicted octanol–water partition coefficient (Wildman–Crippen LogP) is 3.86. The summed E-state index contributed by atoms with van der Waals surface area (Å²) in [6.45, 7) is 6.46. The normalized spacial score (nSPS) is 20.2. The largest absolute Gasteiger partial charge is 0.378 e. The summed E-state index contributed by atoms with van der Waals surface area (Å²) in [5.41, 5.74) is 2.78. The van der Waals surface area contributed by atoms with Crippen molar-refractivity contribution in [1.29, 1.82) is 0 Å². The Balaban J connectivity index is 1.83. The highest BCUT2D eigenvalue weighted by Crippen LogP contribution is 2.19. The van der Waals surface area contributed by atoms with E-state index in [4.69, 9.17) is 4.74 Å². The minimum atomic E-state index is 0.513. The van der Waals surface area contributed by atoms with Crippen molar-refractivity contribution >= 4 is 0 Å². The summed E-state index contributed by atoms with van der Waals surface area (Å²) >= 11 is 0. The van der Waals surface area contributed by atoms with E-state index in [1.54, 1.807) is 0 Å². The molecule has 0 saturated carbocycles. The highest BCUT2D eigenvalue weighted by molar-refractivity contribution is 5.22. The SMILES string of the molecule is CCCNC(CCC1CCCO1)Cc1ccc(C)cc1. The molecular formula is C18H29NO. The molecule has 0 amide bonds. The Morgan fingerprint density at radius 2 is 2.10 bits per heavy atom. The quantitative estimate of drug-likeness (QED) is 0.777. The molecule has 1 fully saturated rings. The van der Waals surface area contributed by atoms with Crippen molar-refractivity contribution < 1.29 is 4.74 Å². The average Bonchev–Trinajstić information content (AvgIpc) is 2.97. The second-order valence-corrected chi connectivity index (χ2v) is 6.05. The summed E-state index contributed by atoms with van der Waals surface area (Å²) < 4.78 is 5.75. The van der Waals surface area contributed by atoms with Crippen molar-refractivity contribution in [2.45, 2.75) is 64.5 Å². The third-order valence-electron chi connectivity index (χ3n) is 4.15. The van der Waals surface area contributed by atoms with Crippen LogP contribution < -0.4 is 5.32 Å². The zero-order valence-electron chi connectivity index (χ0n) is 13.0. The lowest BCUT2D eigenvalue weighted by atomic mass is 9.98. The Kier molecular flexibility index (Phi) is 6.55. The van der Waals surface area contributed by atoms with Gasteiger partial charge in [-0.05, 0) is 57.6 Å². The Labute approximate surface area is 123 Å². The first kappa shape index (κ1) is 15.5. The van der Waals surface area contributed by atoms with Crippen LogP contribution in [0.4, 0.5) is 0 Å². The maximum atomic E-state index is 5.75. The van der Waals surface area contributed by atoms with Gasteiger partial charge < -0.3 is 10.1 Å². The van der Waals surface area contributed by atoms with Crippen LogP contribution in [0.15, 0.2) is 24.3 Å². The van der Waals surface area contributed by atoms with Gasteiger partial charge in [-0.2, -0.15) is 0 Å². The van der Waals surface area contributed by atoms with Gasteiger partial charge in [0, 0.05) is 12.6 Å². The third kappa shape index (κ3) is 5.26. The standard InChI is InChI=1S/C18H29NO/c1-3-12-19-17(10-11-18-5-4-13-20-18)14-16-8-6-15(2)7-9-16/h6-9,17-19H,3-5,10-14H2,1-2H3. The van der Waals surface area contributed by atoms with E-state index in [-0.39, 0.29) is 0 Å². The number of nitrogens with one attached hydrogen (secondary N) is 1. The molecule has 2 heteroatoms. The number of ether oxygens (including phenoxy) is 1. The van der Waals surface area contributed by atoms with Crippen molar-refractivity contribution in [2.24, 2.45) is 0 Å². The Morgan fingerprint density at radius 1 is 1.30 bits per heavy atom. The summed E-state index contributed by atoms with van der Waals surface area (Å²) in [6, 6.07) is 9.55. The molecule has 2 unspecified atom stereocenters. The topological polar surface area (TPSA) is 21.3 Å². The first-order valence-electron chi connectivity index (χ1n) is 8.18. The lowest BCUT2D eigenvalue weighted by molar-refractivity contribution is 0.0995. The van der Waals surface area contributed by atoms with Crippen molar-refractivity contribution in [1.82, 2.24) is 5.32 Å². The molecule has 1 aliphatic rings. The van der Waals surface area contributed by atoms with E-state index in [0.717, 1.165) is 19.6 Å². The monoisotopic (exact) mass is 275 g/mol. The van der Waals surface area contributed by atoms with E-state index < -0.39 is 0 Å². The number of hydrogen-bond acceptors (Lipinski definition) is 2. The fourth-order valence-corrected chi connectivity index (χ4v) is 2.89. The number of benzene rings is 1. The summed E-state index contributed by atoms with van der Waals surface area (Å²) in [6.07, 6.45) is 7.77. The summed E-state index contributed by atoms with van der Waals surface area (Å²) in [7, 11) is 0. The molecule has 20 heavy (non-hydrogen) atoms. The zero-order chi connectivity index (χ0) is 14.2. The number of hydrogen-bond donors (Lipinski definition) is 1. The molecule has 0 spiro atoms. The molecule has 0 aliphatic carbocycles. The smallest absolute Gasteiger partial charge is 0.0576 e. The Hall–Kier alpha value is -0.860. The second-order valence-electron chi connectivity index (χ2n) is 6.05. The van der Waals surface area contributed by atoms with Crippen molar-refractivity contribution in [3.63, 3.8) is 0 Å². The minimum Gasteiger partial charge on any atom is -0.378 e. The van der Waals surface area contributed by atoms with Gasteiger partial charge in [-0.1, -0.05) is 36.8 Å². The summed E-state index contributed by atoms with van der Waals surface area (Å²) in [5, 5.41) is 3.70. The van der Waals surface area contributed by atoms with Crippen LogP contribution in [0.25, 0.3) is 0 Å². The van der Waals surface area contributed by atoms with Crippen LogP contribution in [0.3, 0.4) is 0 Å². The van der Waals surface area contributed by atoms with Gasteiger partial charge in [0.05, 0.1) is 6.10 Å². The maximum absolute atomic E-state index is 5.75. The van der Waals surface area contributed by atoms with Crippen molar-refractivity contribution in [3.8, 4) is 0 Å². The fourth-order valence-electron chi connectivity index (χ4n) is 2.89. The van der Waals surface area contributed by atoms with E-state index >= 15 is 0 Å². The van der Waals surface area contributed by atoms with Crippen LogP contribution >= 0.6 is 0 Å². The lowest BCUT2D eigenvalue weighted by Gasteiger charge is -2.20. The molecule has 2 atom stereocenters. The molecule has 2 rings (SSSR count). The Morgan fingerprint density at radius 3 is 2.75 bits per heavy atom. The van der Waals surface area contributed by atoms with E-state index in [0.29, 0.717) is 12.1 Å². The first-order valence-corrected chi connectivity index (χ1v) is 8.18. The Bertz CT molecular complexity index is 368. The molecule has 1 saturated heterocycles. The van der Waals surface area contributed by atoms with Gasteiger partial charge in [0.15, 0.2) is 0 Å². The lowest BCUT2D eigenvalue weighted by Crippen LogP contribution is -2.32. The van der Waals surface area contributed by atoms with E-state index in [1.165, 1.54) is 43.2 Å². The van der Waals surface area contributed by atoms with E-state index in [2.05, 4.69) is 43.4 Å². The molecule has 1 aliphatic heterocycles. The van der Waals surface area contributed by atoms with Gasteiger partial charge in [0.2, 0.25) is 0 Å². The second kappa shape index (κ2) is 8.43. The minimum absolute atomic E-state index is 0.513. The van der Waals surface area contributed by atoms with Gasteiger partial charge in [0.1, 0.15) is 0 Å². The van der Waals surface area contributed by atoms with Crippen LogP contribution in [0.5, 0.6) is 0 Å². The van der Waals surface area contributed by atoms with Crippen LogP contribution in [0, 0.1) is 6.92 Å². The van der Waals surface area contributed by atoms with Gasteiger partial charge >= 0.3 is 0 Å².